The molecule has 0 radical (unpaired) electrons. The summed E-state index contributed by atoms with van der Waals surface area (Å²) in [6.07, 6.45) is 1.99. The summed E-state index contributed by atoms with van der Waals surface area (Å²) in [4.78, 5) is 2.47. The van der Waals surface area contributed by atoms with Crippen LogP contribution in [0.3, 0.4) is 0 Å². The third-order valence-electron chi connectivity index (χ3n) is 3.92. The van der Waals surface area contributed by atoms with Gasteiger partial charge in [0, 0.05) is 45.0 Å². The summed E-state index contributed by atoms with van der Waals surface area (Å²) < 4.78 is 1.76. The van der Waals surface area contributed by atoms with Gasteiger partial charge in [0.1, 0.15) is 0 Å². The molecule has 0 aliphatic carbocycles. The first-order chi connectivity index (χ1) is 9.72. The molecular formula is C15H21N5. The van der Waals surface area contributed by atoms with Gasteiger partial charge in [0.15, 0.2) is 0 Å². The minimum absolute atomic E-state index is 0.393. The lowest BCUT2D eigenvalue weighted by Gasteiger charge is -2.38. The number of nitrogens with zero attached hydrogens (tertiary/aromatic N) is 4. The van der Waals surface area contributed by atoms with Gasteiger partial charge < -0.3 is 5.32 Å². The van der Waals surface area contributed by atoms with Gasteiger partial charge in [-0.1, -0.05) is 35.5 Å². The second kappa shape index (κ2) is 5.73. The number of aryl methyl sites for hydroxylation is 1. The molecule has 0 bridgehead atoms. The van der Waals surface area contributed by atoms with Crippen LogP contribution in [0.1, 0.15) is 24.2 Å². The van der Waals surface area contributed by atoms with Crippen LogP contribution in [0.2, 0.25) is 0 Å². The van der Waals surface area contributed by atoms with E-state index in [2.05, 4.69) is 57.8 Å². The van der Waals surface area contributed by atoms with E-state index in [4.69, 9.17) is 0 Å². The van der Waals surface area contributed by atoms with E-state index in [0.29, 0.717) is 12.1 Å². The molecule has 2 heterocycles. The van der Waals surface area contributed by atoms with Crippen molar-refractivity contribution in [3.63, 3.8) is 0 Å². The number of benzene rings is 1. The van der Waals surface area contributed by atoms with E-state index in [1.807, 2.05) is 13.2 Å². The average molecular weight is 271 g/mol. The van der Waals surface area contributed by atoms with E-state index in [1.54, 1.807) is 4.68 Å². The van der Waals surface area contributed by atoms with Gasteiger partial charge in [0.05, 0.1) is 5.69 Å². The molecule has 0 spiro atoms. The third kappa shape index (κ3) is 2.89. The second-order valence-electron chi connectivity index (χ2n) is 5.53. The van der Waals surface area contributed by atoms with E-state index >= 15 is 0 Å². The van der Waals surface area contributed by atoms with Crippen LogP contribution in [-0.2, 0) is 13.6 Å². The maximum Gasteiger partial charge on any atom is 0.0967 e. The minimum Gasteiger partial charge on any atom is -0.307 e. The predicted molar refractivity (Wildman–Crippen MR) is 78.1 cm³/mol. The van der Waals surface area contributed by atoms with Crippen LogP contribution in [0.4, 0.5) is 0 Å². The maximum absolute atomic E-state index is 4.19. The summed E-state index contributed by atoms with van der Waals surface area (Å²) in [6, 6.07) is 11.5. The van der Waals surface area contributed by atoms with Gasteiger partial charge in [-0.05, 0) is 12.5 Å². The SMILES string of the molecule is CC1CNC(c2ccccc2)CN1Cc1cn(C)nn1. The monoisotopic (exact) mass is 271 g/mol. The molecule has 1 saturated heterocycles. The molecule has 5 nitrogen and oxygen atoms in total. The Labute approximate surface area is 119 Å². The Morgan fingerprint density at radius 3 is 2.80 bits per heavy atom. The smallest absolute Gasteiger partial charge is 0.0967 e. The van der Waals surface area contributed by atoms with Crippen molar-refractivity contribution in [1.82, 2.24) is 25.2 Å². The molecule has 2 aromatic rings. The molecule has 0 amide bonds. The van der Waals surface area contributed by atoms with Crippen molar-refractivity contribution >= 4 is 0 Å². The lowest BCUT2D eigenvalue weighted by molar-refractivity contribution is 0.132. The molecule has 1 aromatic carbocycles. The van der Waals surface area contributed by atoms with Crippen LogP contribution in [-0.4, -0.2) is 39.0 Å². The summed E-state index contributed by atoms with van der Waals surface area (Å²) in [7, 11) is 1.91. The maximum atomic E-state index is 4.19. The van der Waals surface area contributed by atoms with Crippen molar-refractivity contribution in [3.05, 3.63) is 47.8 Å². The summed E-state index contributed by atoms with van der Waals surface area (Å²) in [5, 5.41) is 11.8. The highest BCUT2D eigenvalue weighted by atomic mass is 15.4. The number of piperazine rings is 1. The van der Waals surface area contributed by atoms with E-state index in [9.17, 15) is 0 Å². The Hall–Kier alpha value is -1.72. The Bertz CT molecular complexity index is 550. The number of hydrogen-bond donors (Lipinski definition) is 1. The minimum atomic E-state index is 0.393. The molecule has 1 aliphatic heterocycles. The van der Waals surface area contributed by atoms with Crippen molar-refractivity contribution in [2.45, 2.75) is 25.6 Å². The molecule has 1 aromatic heterocycles. The zero-order chi connectivity index (χ0) is 13.9. The second-order valence-corrected chi connectivity index (χ2v) is 5.53. The molecule has 106 valence electrons. The fourth-order valence-corrected chi connectivity index (χ4v) is 2.73. The van der Waals surface area contributed by atoms with Crippen molar-refractivity contribution in [1.29, 1.82) is 0 Å². The van der Waals surface area contributed by atoms with Gasteiger partial charge in [-0.3, -0.25) is 9.58 Å². The molecule has 3 rings (SSSR count). The van der Waals surface area contributed by atoms with E-state index in [-0.39, 0.29) is 0 Å². The number of rotatable bonds is 3. The average Bonchev–Trinajstić information content (AvgIpc) is 2.88. The van der Waals surface area contributed by atoms with Crippen molar-refractivity contribution < 1.29 is 0 Å². The summed E-state index contributed by atoms with van der Waals surface area (Å²) in [5.74, 6) is 0. The topological polar surface area (TPSA) is 46.0 Å². The van der Waals surface area contributed by atoms with Gasteiger partial charge in [0.25, 0.3) is 0 Å². The molecule has 2 atom stereocenters. The van der Waals surface area contributed by atoms with Crippen LogP contribution in [0.25, 0.3) is 0 Å². The highest BCUT2D eigenvalue weighted by Gasteiger charge is 2.26. The fraction of sp³-hybridized carbons (Fsp3) is 0.467. The zero-order valence-corrected chi connectivity index (χ0v) is 12.0. The Morgan fingerprint density at radius 2 is 2.10 bits per heavy atom. The van der Waals surface area contributed by atoms with Crippen LogP contribution in [0, 0.1) is 0 Å². The summed E-state index contributed by atoms with van der Waals surface area (Å²) >= 11 is 0. The van der Waals surface area contributed by atoms with Crippen molar-refractivity contribution in [3.8, 4) is 0 Å². The Morgan fingerprint density at radius 1 is 1.30 bits per heavy atom. The normalized spacial score (nSPS) is 23.9. The molecule has 1 aliphatic rings. The number of hydrogen-bond acceptors (Lipinski definition) is 4. The lowest BCUT2D eigenvalue weighted by atomic mass is 10.0. The van der Waals surface area contributed by atoms with Gasteiger partial charge in [0.2, 0.25) is 0 Å². The standard InChI is InChI=1S/C15H21N5/c1-12-8-16-15(13-6-4-3-5-7-13)11-20(12)10-14-9-19(2)18-17-14/h3-7,9,12,15-16H,8,10-11H2,1-2H3. The van der Waals surface area contributed by atoms with Crippen LogP contribution in [0.15, 0.2) is 36.5 Å². The summed E-state index contributed by atoms with van der Waals surface area (Å²) in [5.41, 5.74) is 2.39. The molecule has 0 saturated carbocycles. The Kier molecular flexibility index (Phi) is 3.80. The molecule has 1 N–H and O–H groups in total. The molecule has 20 heavy (non-hydrogen) atoms. The molecule has 2 unspecified atom stereocenters. The first-order valence-corrected chi connectivity index (χ1v) is 7.10. The number of aromatic nitrogens is 3. The first-order valence-electron chi connectivity index (χ1n) is 7.10. The van der Waals surface area contributed by atoms with Gasteiger partial charge in [-0.2, -0.15) is 0 Å². The number of nitrogens with one attached hydrogen (secondary N) is 1. The van der Waals surface area contributed by atoms with E-state index in [1.165, 1.54) is 5.56 Å². The van der Waals surface area contributed by atoms with Gasteiger partial charge >= 0.3 is 0 Å². The van der Waals surface area contributed by atoms with Crippen LogP contribution in [0.5, 0.6) is 0 Å². The first kappa shape index (κ1) is 13.3. The fourth-order valence-electron chi connectivity index (χ4n) is 2.73. The van der Waals surface area contributed by atoms with E-state index in [0.717, 1.165) is 25.3 Å². The van der Waals surface area contributed by atoms with Crippen molar-refractivity contribution in [2.75, 3.05) is 13.1 Å². The lowest BCUT2D eigenvalue weighted by Crippen LogP contribution is -2.50. The Balaban J connectivity index is 1.70. The van der Waals surface area contributed by atoms with Gasteiger partial charge in [-0.25, -0.2) is 0 Å². The summed E-state index contributed by atoms with van der Waals surface area (Å²) in [6.45, 7) is 5.12. The van der Waals surface area contributed by atoms with Gasteiger partial charge in [-0.15, -0.1) is 5.10 Å². The third-order valence-corrected chi connectivity index (χ3v) is 3.92. The highest BCUT2D eigenvalue weighted by Crippen LogP contribution is 2.20. The zero-order valence-electron chi connectivity index (χ0n) is 12.0. The van der Waals surface area contributed by atoms with Crippen LogP contribution >= 0.6 is 0 Å². The van der Waals surface area contributed by atoms with Crippen molar-refractivity contribution in [2.24, 2.45) is 7.05 Å². The molecule has 5 heteroatoms. The molecular weight excluding hydrogens is 250 g/mol. The van der Waals surface area contributed by atoms with E-state index < -0.39 is 0 Å². The predicted octanol–water partition coefficient (Wildman–Crippen LogP) is 1.35. The highest BCUT2D eigenvalue weighted by molar-refractivity contribution is 5.20. The largest absolute Gasteiger partial charge is 0.307 e. The quantitative estimate of drug-likeness (QED) is 0.915. The molecule has 1 fully saturated rings. The van der Waals surface area contributed by atoms with Crippen LogP contribution < -0.4 is 5.32 Å².